The first-order valence-corrected chi connectivity index (χ1v) is 8.42. The van der Waals surface area contributed by atoms with Gasteiger partial charge in [0.05, 0.1) is 6.54 Å². The molecule has 0 atom stereocenters. The van der Waals surface area contributed by atoms with Crippen molar-refractivity contribution in [2.24, 2.45) is 10.7 Å². The van der Waals surface area contributed by atoms with Crippen LogP contribution in [0, 0.1) is 0 Å². The monoisotopic (exact) mass is 335 g/mol. The lowest BCUT2D eigenvalue weighted by Gasteiger charge is -2.35. The number of hydrogen-bond donors (Lipinski definition) is 1. The number of aromatic nitrogens is 1. The molecule has 2 N–H and O–H groups in total. The van der Waals surface area contributed by atoms with Crippen LogP contribution >= 0.6 is 22.9 Å². The van der Waals surface area contributed by atoms with E-state index in [1.807, 2.05) is 35.8 Å². The molecule has 1 aliphatic heterocycles. The number of anilines is 1. The van der Waals surface area contributed by atoms with Crippen LogP contribution in [-0.4, -0.2) is 42.0 Å². The maximum atomic E-state index is 6.11. The third-order valence-corrected chi connectivity index (χ3v) is 4.67. The minimum Gasteiger partial charge on any atom is -0.370 e. The Labute approximate surface area is 139 Å². The normalized spacial score (nSPS) is 16.1. The van der Waals surface area contributed by atoms with Gasteiger partial charge in [0.25, 0.3) is 0 Å². The van der Waals surface area contributed by atoms with Crippen LogP contribution in [0.1, 0.15) is 5.56 Å². The van der Waals surface area contributed by atoms with Crippen molar-refractivity contribution in [3.63, 3.8) is 0 Å². The van der Waals surface area contributed by atoms with E-state index in [-0.39, 0.29) is 0 Å². The fourth-order valence-electron chi connectivity index (χ4n) is 2.41. The molecule has 1 aromatic heterocycles. The van der Waals surface area contributed by atoms with Gasteiger partial charge in [0.1, 0.15) is 0 Å². The molecule has 22 heavy (non-hydrogen) atoms. The molecule has 1 fully saturated rings. The second-order valence-corrected chi connectivity index (χ2v) is 6.40. The van der Waals surface area contributed by atoms with Crippen LogP contribution in [0.2, 0.25) is 5.02 Å². The highest BCUT2D eigenvalue weighted by atomic mass is 35.5. The van der Waals surface area contributed by atoms with Gasteiger partial charge in [0.15, 0.2) is 11.1 Å². The molecule has 0 radical (unpaired) electrons. The molecule has 0 spiro atoms. The number of benzene rings is 1. The van der Waals surface area contributed by atoms with E-state index in [2.05, 4.69) is 19.8 Å². The highest BCUT2D eigenvalue weighted by Gasteiger charge is 2.19. The summed E-state index contributed by atoms with van der Waals surface area (Å²) in [4.78, 5) is 13.2. The van der Waals surface area contributed by atoms with Crippen molar-refractivity contribution in [3.05, 3.63) is 46.4 Å². The molecule has 2 heterocycles. The molecule has 0 amide bonds. The van der Waals surface area contributed by atoms with E-state index in [0.717, 1.165) is 41.9 Å². The van der Waals surface area contributed by atoms with Crippen LogP contribution in [0.25, 0.3) is 0 Å². The first kappa shape index (κ1) is 15.1. The highest BCUT2D eigenvalue weighted by Crippen LogP contribution is 2.18. The predicted molar refractivity (Wildman–Crippen MR) is 92.7 cm³/mol. The van der Waals surface area contributed by atoms with Gasteiger partial charge in [-0.25, -0.2) is 9.98 Å². The number of nitrogens with zero attached hydrogens (tertiary/aromatic N) is 4. The van der Waals surface area contributed by atoms with Crippen LogP contribution in [0.4, 0.5) is 5.13 Å². The van der Waals surface area contributed by atoms with E-state index >= 15 is 0 Å². The number of aliphatic imine (C=N–C) groups is 1. The molecule has 0 aliphatic carbocycles. The van der Waals surface area contributed by atoms with Crippen molar-refractivity contribution in [2.45, 2.75) is 6.54 Å². The zero-order valence-electron chi connectivity index (χ0n) is 12.2. The SMILES string of the molecule is NC(=NCc1cccc(Cl)c1)N1CCN(c2nccs2)CC1. The van der Waals surface area contributed by atoms with Gasteiger partial charge in [0, 0.05) is 42.8 Å². The van der Waals surface area contributed by atoms with Crippen LogP contribution < -0.4 is 10.6 Å². The molecule has 0 saturated carbocycles. The second kappa shape index (κ2) is 6.98. The van der Waals surface area contributed by atoms with Gasteiger partial charge >= 0.3 is 0 Å². The van der Waals surface area contributed by atoms with E-state index in [1.165, 1.54) is 0 Å². The van der Waals surface area contributed by atoms with Gasteiger partial charge in [0.2, 0.25) is 0 Å². The van der Waals surface area contributed by atoms with Crippen molar-refractivity contribution in [3.8, 4) is 0 Å². The number of nitrogens with two attached hydrogens (primary N) is 1. The number of guanidine groups is 1. The minimum absolute atomic E-state index is 0.555. The number of thiazole rings is 1. The van der Waals surface area contributed by atoms with E-state index in [9.17, 15) is 0 Å². The maximum absolute atomic E-state index is 6.11. The topological polar surface area (TPSA) is 57.8 Å². The van der Waals surface area contributed by atoms with Crippen molar-refractivity contribution in [1.29, 1.82) is 0 Å². The Kier molecular flexibility index (Phi) is 4.80. The summed E-state index contributed by atoms with van der Waals surface area (Å²) in [6.45, 7) is 4.12. The van der Waals surface area contributed by atoms with E-state index in [0.29, 0.717) is 12.5 Å². The lowest BCUT2D eigenvalue weighted by molar-refractivity contribution is 0.380. The Morgan fingerprint density at radius 2 is 2.14 bits per heavy atom. The first-order valence-electron chi connectivity index (χ1n) is 7.16. The summed E-state index contributed by atoms with van der Waals surface area (Å²) in [5.74, 6) is 0.596. The number of hydrogen-bond acceptors (Lipinski definition) is 4. The van der Waals surface area contributed by atoms with Gasteiger partial charge in [-0.2, -0.15) is 0 Å². The van der Waals surface area contributed by atoms with Crippen LogP contribution in [0.15, 0.2) is 40.8 Å². The van der Waals surface area contributed by atoms with Crippen LogP contribution in [0.3, 0.4) is 0 Å². The molecule has 2 aromatic rings. The fourth-order valence-corrected chi connectivity index (χ4v) is 3.32. The smallest absolute Gasteiger partial charge is 0.191 e. The molecule has 7 heteroatoms. The summed E-state index contributed by atoms with van der Waals surface area (Å²) >= 11 is 7.64. The van der Waals surface area contributed by atoms with E-state index < -0.39 is 0 Å². The molecular formula is C15H18ClN5S. The largest absolute Gasteiger partial charge is 0.370 e. The first-order chi connectivity index (χ1) is 10.7. The van der Waals surface area contributed by atoms with Gasteiger partial charge in [-0.15, -0.1) is 11.3 Å². The Balaban J connectivity index is 1.55. The summed E-state index contributed by atoms with van der Waals surface area (Å²) in [6.07, 6.45) is 1.84. The fraction of sp³-hybridized carbons (Fsp3) is 0.333. The van der Waals surface area contributed by atoms with Crippen molar-refractivity contribution >= 4 is 34.0 Å². The summed E-state index contributed by atoms with van der Waals surface area (Å²) in [7, 11) is 0. The molecule has 3 rings (SSSR count). The Morgan fingerprint density at radius 1 is 1.32 bits per heavy atom. The summed E-state index contributed by atoms with van der Waals surface area (Å²) in [5, 5.41) is 3.81. The van der Waals surface area contributed by atoms with Gasteiger partial charge in [-0.05, 0) is 17.7 Å². The van der Waals surface area contributed by atoms with Crippen LogP contribution in [0.5, 0.6) is 0 Å². The molecule has 5 nitrogen and oxygen atoms in total. The molecule has 116 valence electrons. The quantitative estimate of drug-likeness (QED) is 0.691. The van der Waals surface area contributed by atoms with Crippen LogP contribution in [-0.2, 0) is 6.54 Å². The number of rotatable bonds is 3. The molecule has 0 bridgehead atoms. The van der Waals surface area contributed by atoms with Gasteiger partial charge in [-0.3, -0.25) is 0 Å². The average molecular weight is 336 g/mol. The Morgan fingerprint density at radius 3 is 2.82 bits per heavy atom. The van der Waals surface area contributed by atoms with E-state index in [1.54, 1.807) is 11.3 Å². The summed E-state index contributed by atoms with van der Waals surface area (Å²) in [5.41, 5.74) is 7.18. The third kappa shape index (κ3) is 3.69. The number of halogens is 1. The van der Waals surface area contributed by atoms with Crippen molar-refractivity contribution < 1.29 is 0 Å². The second-order valence-electron chi connectivity index (χ2n) is 5.09. The van der Waals surface area contributed by atoms with Gasteiger partial charge < -0.3 is 15.5 Å². The molecule has 1 aromatic carbocycles. The average Bonchev–Trinajstić information content (AvgIpc) is 3.07. The summed E-state index contributed by atoms with van der Waals surface area (Å²) in [6, 6.07) is 7.70. The molecule has 1 aliphatic rings. The Hall–Kier alpha value is -1.79. The molecule has 0 unspecified atom stereocenters. The zero-order chi connectivity index (χ0) is 15.4. The van der Waals surface area contributed by atoms with Crippen molar-refractivity contribution in [2.75, 3.05) is 31.1 Å². The predicted octanol–water partition coefficient (Wildman–Crippen LogP) is 2.43. The lowest BCUT2D eigenvalue weighted by Crippen LogP contribution is -2.51. The zero-order valence-corrected chi connectivity index (χ0v) is 13.7. The highest BCUT2D eigenvalue weighted by molar-refractivity contribution is 7.13. The minimum atomic E-state index is 0.555. The maximum Gasteiger partial charge on any atom is 0.191 e. The van der Waals surface area contributed by atoms with E-state index in [4.69, 9.17) is 17.3 Å². The standard InChI is InChI=1S/C15H18ClN5S/c16-13-3-1-2-12(10-13)11-19-14(17)20-5-7-21(8-6-20)15-18-4-9-22-15/h1-4,9-10H,5-8,11H2,(H2,17,19). The number of piperazine rings is 1. The summed E-state index contributed by atoms with van der Waals surface area (Å²) < 4.78 is 0. The lowest BCUT2D eigenvalue weighted by atomic mass is 10.2. The molecule has 1 saturated heterocycles. The van der Waals surface area contributed by atoms with Crippen molar-refractivity contribution in [1.82, 2.24) is 9.88 Å². The third-order valence-electron chi connectivity index (χ3n) is 3.61. The van der Waals surface area contributed by atoms with Gasteiger partial charge in [-0.1, -0.05) is 23.7 Å². The Bertz CT molecular complexity index is 635. The molecular weight excluding hydrogens is 318 g/mol.